The Kier molecular flexibility index (Phi) is 4.58. The van der Waals surface area contributed by atoms with E-state index in [1.807, 2.05) is 12.1 Å². The molecule has 4 rings (SSSR count). The van der Waals surface area contributed by atoms with E-state index < -0.39 is 0 Å². The lowest BCUT2D eigenvalue weighted by Gasteiger charge is -2.00. The highest BCUT2D eigenvalue weighted by atomic mass is 16.3. The number of nitrogens with one attached hydrogen (secondary N) is 1. The number of carbonyl (C=O) groups is 1. The van der Waals surface area contributed by atoms with Crippen LogP contribution in [-0.4, -0.2) is 10.9 Å². The summed E-state index contributed by atoms with van der Waals surface area (Å²) in [5, 5.41) is 2.81. The molecule has 1 N–H and O–H groups in total. The van der Waals surface area contributed by atoms with Crippen molar-refractivity contribution in [3.63, 3.8) is 0 Å². The van der Waals surface area contributed by atoms with Crippen molar-refractivity contribution in [3.05, 3.63) is 78.3 Å². The molecule has 0 unspecified atom stereocenters. The minimum atomic E-state index is -0.246. The Morgan fingerprint density at radius 3 is 2.74 bits per heavy atom. The molecule has 0 fully saturated rings. The summed E-state index contributed by atoms with van der Waals surface area (Å²) in [5.41, 5.74) is 4.21. The van der Waals surface area contributed by atoms with Crippen LogP contribution >= 0.6 is 0 Å². The standard InChI is InChI=1S/C22H18N2O3/c1-2-15-5-7-16(8-6-15)22-24-19-14-17(9-11-20(19)27-22)23-21(25)12-10-18-4-3-13-26-18/h3-14H,2H2,1H3,(H,23,25)/b12-10+. The van der Waals surface area contributed by atoms with Crippen LogP contribution in [0.2, 0.25) is 0 Å². The summed E-state index contributed by atoms with van der Waals surface area (Å²) in [7, 11) is 0. The molecule has 5 heteroatoms. The summed E-state index contributed by atoms with van der Waals surface area (Å²) in [6, 6.07) is 17.1. The van der Waals surface area contributed by atoms with Gasteiger partial charge in [0.15, 0.2) is 5.58 Å². The van der Waals surface area contributed by atoms with Crippen LogP contribution in [0.1, 0.15) is 18.2 Å². The predicted octanol–water partition coefficient (Wildman–Crippen LogP) is 5.30. The van der Waals surface area contributed by atoms with Crippen molar-refractivity contribution in [3.8, 4) is 11.5 Å². The summed E-state index contributed by atoms with van der Waals surface area (Å²) in [5.74, 6) is 0.939. The summed E-state index contributed by atoms with van der Waals surface area (Å²) in [4.78, 5) is 16.6. The summed E-state index contributed by atoms with van der Waals surface area (Å²) >= 11 is 0. The fourth-order valence-corrected chi connectivity index (χ4v) is 2.74. The third kappa shape index (κ3) is 3.82. The number of benzene rings is 2. The van der Waals surface area contributed by atoms with Crippen LogP contribution in [0.4, 0.5) is 5.69 Å². The Hall–Kier alpha value is -3.60. The fraction of sp³-hybridized carbons (Fsp3) is 0.0909. The van der Waals surface area contributed by atoms with E-state index in [1.165, 1.54) is 11.6 Å². The van der Waals surface area contributed by atoms with Gasteiger partial charge in [-0.15, -0.1) is 0 Å². The van der Waals surface area contributed by atoms with Gasteiger partial charge in [0, 0.05) is 17.3 Å². The van der Waals surface area contributed by atoms with E-state index in [0.717, 1.165) is 12.0 Å². The molecule has 27 heavy (non-hydrogen) atoms. The SMILES string of the molecule is CCc1ccc(-c2nc3cc(NC(=O)/C=C/c4ccco4)ccc3o2)cc1. The number of furan rings is 1. The van der Waals surface area contributed by atoms with E-state index in [2.05, 4.69) is 29.4 Å². The van der Waals surface area contributed by atoms with Crippen LogP contribution < -0.4 is 5.32 Å². The number of nitrogens with zero attached hydrogens (tertiary/aromatic N) is 1. The predicted molar refractivity (Wildman–Crippen MR) is 105 cm³/mol. The number of anilines is 1. The lowest BCUT2D eigenvalue weighted by atomic mass is 10.1. The van der Waals surface area contributed by atoms with Gasteiger partial charge >= 0.3 is 0 Å². The molecule has 0 saturated heterocycles. The van der Waals surface area contributed by atoms with Crippen molar-refractivity contribution in [1.82, 2.24) is 4.98 Å². The van der Waals surface area contributed by atoms with Gasteiger partial charge in [-0.3, -0.25) is 4.79 Å². The number of rotatable bonds is 5. The minimum Gasteiger partial charge on any atom is -0.465 e. The number of hydrogen-bond acceptors (Lipinski definition) is 4. The third-order valence-electron chi connectivity index (χ3n) is 4.21. The number of oxazole rings is 1. The second-order valence-corrected chi connectivity index (χ2v) is 6.09. The quantitative estimate of drug-likeness (QED) is 0.491. The Bertz CT molecular complexity index is 1090. The number of aromatic nitrogens is 1. The smallest absolute Gasteiger partial charge is 0.248 e. The second-order valence-electron chi connectivity index (χ2n) is 6.09. The number of aryl methyl sites for hydroxylation is 1. The van der Waals surface area contributed by atoms with Gasteiger partial charge in [0.1, 0.15) is 11.3 Å². The first-order valence-corrected chi connectivity index (χ1v) is 8.74. The zero-order valence-electron chi connectivity index (χ0n) is 14.8. The molecule has 0 atom stereocenters. The van der Waals surface area contributed by atoms with Gasteiger partial charge in [0.2, 0.25) is 11.8 Å². The molecule has 2 aromatic carbocycles. The fourth-order valence-electron chi connectivity index (χ4n) is 2.74. The van der Waals surface area contributed by atoms with Crippen molar-refractivity contribution in [2.45, 2.75) is 13.3 Å². The van der Waals surface area contributed by atoms with E-state index in [1.54, 1.807) is 42.7 Å². The molecular weight excluding hydrogens is 340 g/mol. The van der Waals surface area contributed by atoms with Crippen molar-refractivity contribution < 1.29 is 13.6 Å². The van der Waals surface area contributed by atoms with E-state index in [9.17, 15) is 4.79 Å². The highest BCUT2D eigenvalue weighted by Crippen LogP contribution is 2.26. The Morgan fingerprint density at radius 2 is 2.00 bits per heavy atom. The average molecular weight is 358 g/mol. The van der Waals surface area contributed by atoms with Gasteiger partial charge in [-0.05, 0) is 60.5 Å². The van der Waals surface area contributed by atoms with E-state index in [4.69, 9.17) is 8.83 Å². The van der Waals surface area contributed by atoms with Crippen LogP contribution in [0.5, 0.6) is 0 Å². The molecule has 0 aliphatic rings. The Balaban J connectivity index is 1.52. The first-order chi connectivity index (χ1) is 13.2. The van der Waals surface area contributed by atoms with Gasteiger partial charge in [-0.2, -0.15) is 0 Å². The third-order valence-corrected chi connectivity index (χ3v) is 4.21. The molecule has 0 bridgehead atoms. The van der Waals surface area contributed by atoms with Gasteiger partial charge in [-0.1, -0.05) is 19.1 Å². The number of fused-ring (bicyclic) bond motifs is 1. The number of amides is 1. The minimum absolute atomic E-state index is 0.246. The average Bonchev–Trinajstić information content (AvgIpc) is 3.36. The molecule has 1 amide bonds. The maximum absolute atomic E-state index is 12.0. The van der Waals surface area contributed by atoms with Crippen LogP contribution in [0.3, 0.4) is 0 Å². The molecule has 2 aromatic heterocycles. The van der Waals surface area contributed by atoms with E-state index in [-0.39, 0.29) is 5.91 Å². The molecule has 0 radical (unpaired) electrons. The zero-order valence-corrected chi connectivity index (χ0v) is 14.8. The van der Waals surface area contributed by atoms with Gasteiger partial charge in [0.25, 0.3) is 0 Å². The van der Waals surface area contributed by atoms with Gasteiger partial charge < -0.3 is 14.2 Å². The first-order valence-electron chi connectivity index (χ1n) is 8.74. The topological polar surface area (TPSA) is 68.3 Å². The molecule has 5 nitrogen and oxygen atoms in total. The first kappa shape index (κ1) is 16.8. The maximum Gasteiger partial charge on any atom is 0.248 e. The van der Waals surface area contributed by atoms with Crippen molar-refractivity contribution in [2.24, 2.45) is 0 Å². The highest BCUT2D eigenvalue weighted by molar-refractivity contribution is 6.02. The van der Waals surface area contributed by atoms with Gasteiger partial charge in [0.05, 0.1) is 6.26 Å². The molecule has 134 valence electrons. The molecule has 4 aromatic rings. The summed E-state index contributed by atoms with van der Waals surface area (Å²) < 4.78 is 11.0. The number of carbonyl (C=O) groups excluding carboxylic acids is 1. The van der Waals surface area contributed by atoms with E-state index in [0.29, 0.717) is 28.4 Å². The van der Waals surface area contributed by atoms with Crippen LogP contribution in [0.15, 0.2) is 75.8 Å². The van der Waals surface area contributed by atoms with Gasteiger partial charge in [-0.25, -0.2) is 4.98 Å². The highest BCUT2D eigenvalue weighted by Gasteiger charge is 2.09. The maximum atomic E-state index is 12.0. The van der Waals surface area contributed by atoms with Crippen LogP contribution in [0.25, 0.3) is 28.6 Å². The lowest BCUT2D eigenvalue weighted by molar-refractivity contribution is -0.111. The molecule has 0 saturated carbocycles. The molecule has 0 spiro atoms. The lowest BCUT2D eigenvalue weighted by Crippen LogP contribution is -2.07. The molecule has 0 aliphatic carbocycles. The van der Waals surface area contributed by atoms with Crippen molar-refractivity contribution in [2.75, 3.05) is 5.32 Å². The normalized spacial score (nSPS) is 11.3. The largest absolute Gasteiger partial charge is 0.465 e. The molecular formula is C22H18N2O3. The van der Waals surface area contributed by atoms with E-state index >= 15 is 0 Å². The zero-order chi connectivity index (χ0) is 18.6. The Morgan fingerprint density at radius 1 is 1.15 bits per heavy atom. The number of hydrogen-bond donors (Lipinski definition) is 1. The second kappa shape index (κ2) is 7.33. The van der Waals surface area contributed by atoms with Crippen LogP contribution in [0, 0.1) is 0 Å². The van der Waals surface area contributed by atoms with Crippen molar-refractivity contribution >= 4 is 28.8 Å². The summed E-state index contributed by atoms with van der Waals surface area (Å²) in [6.45, 7) is 2.12. The Labute approximate surface area is 156 Å². The summed E-state index contributed by atoms with van der Waals surface area (Å²) in [6.07, 6.45) is 5.59. The van der Waals surface area contributed by atoms with Crippen LogP contribution in [-0.2, 0) is 11.2 Å². The molecule has 2 heterocycles. The monoisotopic (exact) mass is 358 g/mol. The molecule has 0 aliphatic heterocycles. The van der Waals surface area contributed by atoms with Crippen molar-refractivity contribution in [1.29, 1.82) is 0 Å².